The highest BCUT2D eigenvalue weighted by atomic mass is 16.3. The lowest BCUT2D eigenvalue weighted by Crippen LogP contribution is -2.34. The van der Waals surface area contributed by atoms with Crippen molar-refractivity contribution in [3.63, 3.8) is 0 Å². The first-order chi connectivity index (χ1) is 19.7. The van der Waals surface area contributed by atoms with Crippen LogP contribution in [-0.2, 0) is 0 Å². The molecule has 1 atom stereocenters. The van der Waals surface area contributed by atoms with Gasteiger partial charge in [-0.2, -0.15) is 0 Å². The molecule has 0 aliphatic rings. The molecular weight excluding hydrogens is 512 g/mol. The van der Waals surface area contributed by atoms with E-state index in [0.29, 0.717) is 0 Å². The molecule has 0 fully saturated rings. The zero-order valence-electron chi connectivity index (χ0n) is 27.9. The van der Waals surface area contributed by atoms with Gasteiger partial charge >= 0.3 is 0 Å². The van der Waals surface area contributed by atoms with E-state index >= 15 is 0 Å². The summed E-state index contributed by atoms with van der Waals surface area (Å²) in [5.74, 6) is 0. The average molecular weight is 569 g/mol. The molecule has 0 aromatic rings. The molecule has 2 nitrogen and oxygen atoms in total. The molecule has 1 unspecified atom stereocenters. The Hall–Kier alpha value is -3.46. The summed E-state index contributed by atoms with van der Waals surface area (Å²) in [6.07, 6.45) is 40.3. The average Bonchev–Trinajstić information content (AvgIpc) is 2.89. The molecule has 42 heavy (non-hydrogen) atoms. The minimum Gasteiger partial charge on any atom is -0.387 e. The molecule has 0 aromatic heterocycles. The number of aliphatic hydroxyl groups excluding tert-OH is 1. The molecule has 0 bridgehead atoms. The fourth-order valence-corrected chi connectivity index (χ4v) is 3.26. The molecule has 0 rings (SSSR count). The topological polar surface area (TPSA) is 40.5 Å². The minimum atomic E-state index is -1.15. The van der Waals surface area contributed by atoms with Crippen LogP contribution in [0.15, 0.2) is 154 Å². The lowest BCUT2D eigenvalue weighted by Gasteiger charge is -2.21. The van der Waals surface area contributed by atoms with Crippen molar-refractivity contribution < 1.29 is 10.2 Å². The maximum absolute atomic E-state index is 9.87. The predicted molar refractivity (Wildman–Crippen MR) is 188 cm³/mol. The molecule has 0 radical (unpaired) electrons. The smallest absolute Gasteiger partial charge is 0.101 e. The summed E-state index contributed by atoms with van der Waals surface area (Å²) in [5.41, 5.74) is 7.32. The summed E-state index contributed by atoms with van der Waals surface area (Å²) in [7, 11) is 0. The van der Waals surface area contributed by atoms with Crippen molar-refractivity contribution in [2.45, 2.75) is 93.8 Å². The van der Waals surface area contributed by atoms with Gasteiger partial charge in [0.1, 0.15) is 6.10 Å². The van der Waals surface area contributed by atoms with E-state index in [-0.39, 0.29) is 0 Å². The molecule has 0 spiro atoms. The summed E-state index contributed by atoms with van der Waals surface area (Å²) in [6.45, 7) is 20.0. The van der Waals surface area contributed by atoms with Gasteiger partial charge in [0.2, 0.25) is 0 Å². The zero-order valence-corrected chi connectivity index (χ0v) is 27.9. The van der Waals surface area contributed by atoms with Gasteiger partial charge in [-0.05, 0) is 82.1 Å². The van der Waals surface area contributed by atoms with Crippen LogP contribution in [-0.4, -0.2) is 21.9 Å². The third-order valence-corrected chi connectivity index (χ3v) is 6.08. The van der Waals surface area contributed by atoms with Gasteiger partial charge in [-0.1, -0.05) is 154 Å². The lowest BCUT2D eigenvalue weighted by molar-refractivity contribution is -0.0226. The van der Waals surface area contributed by atoms with Crippen molar-refractivity contribution >= 4 is 0 Å². The van der Waals surface area contributed by atoms with Crippen molar-refractivity contribution in [2.75, 3.05) is 0 Å². The van der Waals surface area contributed by atoms with Crippen LogP contribution in [0.3, 0.4) is 0 Å². The Bertz CT molecular complexity index is 1210. The predicted octanol–water partition coefficient (Wildman–Crippen LogP) is 10.9. The molecule has 2 N–H and O–H groups in total. The van der Waals surface area contributed by atoms with Gasteiger partial charge in [-0.15, -0.1) is 0 Å². The molecular formula is C40H56O2. The Balaban J connectivity index is 4.79. The monoisotopic (exact) mass is 568 g/mol. The quantitative estimate of drug-likeness (QED) is 0.144. The Labute approximate surface area is 258 Å². The third-order valence-electron chi connectivity index (χ3n) is 6.08. The first-order valence-corrected chi connectivity index (χ1v) is 14.8. The molecule has 228 valence electrons. The molecule has 0 saturated heterocycles. The summed E-state index contributed by atoms with van der Waals surface area (Å²) in [4.78, 5) is 0. The second kappa shape index (κ2) is 22.2. The van der Waals surface area contributed by atoms with Crippen LogP contribution in [0.1, 0.15) is 82.1 Å². The SMILES string of the molecule is CC(C)=CCC/C(C)=C/C=C/C(C)=C/C=C/C(C)=C/C=C/C=C(C)/C=C/C=C(C)/C=C/C=C(C)/C=C/C(O)C(C)(C)O. The molecule has 0 aliphatic heterocycles. The van der Waals surface area contributed by atoms with Crippen LogP contribution in [0, 0.1) is 0 Å². The number of hydrogen-bond donors (Lipinski definition) is 2. The number of rotatable bonds is 16. The van der Waals surface area contributed by atoms with Crippen LogP contribution in [0.2, 0.25) is 0 Å². The molecule has 0 heterocycles. The Morgan fingerprint density at radius 2 is 0.905 bits per heavy atom. The van der Waals surface area contributed by atoms with Crippen LogP contribution < -0.4 is 0 Å². The second-order valence-corrected chi connectivity index (χ2v) is 11.7. The zero-order chi connectivity index (χ0) is 32.0. The van der Waals surface area contributed by atoms with E-state index < -0.39 is 11.7 Å². The molecule has 2 heteroatoms. The Kier molecular flexibility index (Phi) is 20.4. The van der Waals surface area contributed by atoms with Crippen molar-refractivity contribution in [3.05, 3.63) is 154 Å². The highest BCUT2D eigenvalue weighted by Gasteiger charge is 2.21. The number of aliphatic hydroxyl groups is 2. The van der Waals surface area contributed by atoms with Crippen LogP contribution in [0.5, 0.6) is 0 Å². The van der Waals surface area contributed by atoms with Crippen molar-refractivity contribution in [1.29, 1.82) is 0 Å². The van der Waals surface area contributed by atoms with Gasteiger partial charge in [0.05, 0.1) is 5.60 Å². The maximum atomic E-state index is 9.87. The van der Waals surface area contributed by atoms with E-state index in [1.54, 1.807) is 19.9 Å². The van der Waals surface area contributed by atoms with Crippen LogP contribution in [0.4, 0.5) is 0 Å². The van der Waals surface area contributed by atoms with E-state index in [1.807, 2.05) is 37.3 Å². The molecule has 0 aliphatic carbocycles. The van der Waals surface area contributed by atoms with E-state index in [2.05, 4.69) is 127 Å². The van der Waals surface area contributed by atoms with Gasteiger partial charge in [0.25, 0.3) is 0 Å². The molecule has 0 saturated carbocycles. The van der Waals surface area contributed by atoms with E-state index in [0.717, 1.165) is 24.0 Å². The summed E-state index contributed by atoms with van der Waals surface area (Å²) in [6, 6.07) is 0. The van der Waals surface area contributed by atoms with Gasteiger partial charge in [-0.25, -0.2) is 0 Å². The van der Waals surface area contributed by atoms with E-state index in [4.69, 9.17) is 0 Å². The molecule has 0 aromatic carbocycles. The highest BCUT2D eigenvalue weighted by Crippen LogP contribution is 2.11. The van der Waals surface area contributed by atoms with Crippen molar-refractivity contribution in [2.24, 2.45) is 0 Å². The standard InChI is InChI=1S/C40H56O2/c1-32(2)18-13-21-35(5)24-16-27-36(6)25-14-22-33(3)19-11-12-20-34(4)23-15-26-37(7)28-17-29-38(8)30-31-39(41)40(9,10)42/h11-12,14-20,22-31,39,41-42H,13,21H2,1-10H3/b12-11+,22-14+,23-15+,27-16+,28-17+,31-30+,33-19+,34-20+,35-24+,36-25+,37-26+,38-29+. The van der Waals surface area contributed by atoms with E-state index in [9.17, 15) is 10.2 Å². The van der Waals surface area contributed by atoms with Crippen LogP contribution >= 0.6 is 0 Å². The number of hydrogen-bond acceptors (Lipinski definition) is 2. The Morgan fingerprint density at radius 3 is 1.29 bits per heavy atom. The normalized spacial score (nSPS) is 16.5. The van der Waals surface area contributed by atoms with E-state index in [1.165, 1.54) is 27.9 Å². The van der Waals surface area contributed by atoms with Crippen LogP contribution in [0.25, 0.3) is 0 Å². The van der Waals surface area contributed by atoms with Gasteiger partial charge < -0.3 is 10.2 Å². The summed E-state index contributed by atoms with van der Waals surface area (Å²) in [5, 5.41) is 19.7. The van der Waals surface area contributed by atoms with Crippen molar-refractivity contribution in [1.82, 2.24) is 0 Å². The summed E-state index contributed by atoms with van der Waals surface area (Å²) >= 11 is 0. The van der Waals surface area contributed by atoms with Crippen molar-refractivity contribution in [3.8, 4) is 0 Å². The fraction of sp³-hybridized carbons (Fsp3) is 0.350. The van der Waals surface area contributed by atoms with Gasteiger partial charge in [-0.3, -0.25) is 0 Å². The fourth-order valence-electron chi connectivity index (χ4n) is 3.26. The number of allylic oxidation sites excluding steroid dienone is 25. The highest BCUT2D eigenvalue weighted by molar-refractivity contribution is 5.33. The minimum absolute atomic E-state index is 0.899. The van der Waals surface area contributed by atoms with Gasteiger partial charge in [0, 0.05) is 0 Å². The maximum Gasteiger partial charge on any atom is 0.101 e. The second-order valence-electron chi connectivity index (χ2n) is 11.7. The first kappa shape index (κ1) is 38.5. The summed E-state index contributed by atoms with van der Waals surface area (Å²) < 4.78 is 0. The Morgan fingerprint density at radius 1 is 0.548 bits per heavy atom. The largest absolute Gasteiger partial charge is 0.387 e. The van der Waals surface area contributed by atoms with Gasteiger partial charge in [0.15, 0.2) is 0 Å². The first-order valence-electron chi connectivity index (χ1n) is 14.8. The lowest BCUT2D eigenvalue weighted by atomic mass is 10.0. The third kappa shape index (κ3) is 23.3. The molecule has 0 amide bonds.